The van der Waals surface area contributed by atoms with Crippen LogP contribution in [0.2, 0.25) is 0 Å². The molecule has 0 aromatic heterocycles. The van der Waals surface area contributed by atoms with E-state index in [1.165, 1.54) is 4.90 Å². The number of imide groups is 1. The number of amides is 4. The fourth-order valence-corrected chi connectivity index (χ4v) is 11.0. The van der Waals surface area contributed by atoms with Gasteiger partial charge in [0.25, 0.3) is 5.91 Å². The lowest BCUT2D eigenvalue weighted by Crippen LogP contribution is -2.52. The molecule has 0 aliphatic carbocycles. The number of aryl methyl sites for hydroxylation is 1. The lowest BCUT2D eigenvalue weighted by Gasteiger charge is -2.39. The summed E-state index contributed by atoms with van der Waals surface area (Å²) in [4.78, 5) is 51.5. The van der Waals surface area contributed by atoms with Crippen LogP contribution < -0.4 is 21.3 Å². The van der Waals surface area contributed by atoms with E-state index in [2.05, 4.69) is 21.3 Å². The maximum atomic E-state index is 14.0. The highest BCUT2D eigenvalue weighted by atomic mass is 32.2. The number of ether oxygens (including phenoxy) is 5. The molecule has 0 saturated carbocycles. The van der Waals surface area contributed by atoms with Gasteiger partial charge in [0.15, 0.2) is 0 Å². The second-order valence-corrected chi connectivity index (χ2v) is 19.2. The van der Waals surface area contributed by atoms with Gasteiger partial charge in [0.2, 0.25) is 27.7 Å². The van der Waals surface area contributed by atoms with Gasteiger partial charge in [-0.3, -0.25) is 24.5 Å². The Morgan fingerprint density at radius 3 is 2.19 bits per heavy atom. The summed E-state index contributed by atoms with van der Waals surface area (Å²) in [6.45, 7) is 6.06. The molecule has 5 N–H and O–H groups in total. The van der Waals surface area contributed by atoms with E-state index >= 15 is 0 Å². The molecule has 69 heavy (non-hydrogen) atoms. The number of anilines is 3. The van der Waals surface area contributed by atoms with Gasteiger partial charge in [0.05, 0.1) is 83.0 Å². The zero-order chi connectivity index (χ0) is 48.3. The summed E-state index contributed by atoms with van der Waals surface area (Å²) in [5, 5.41) is 22.2. The van der Waals surface area contributed by atoms with E-state index in [1.54, 1.807) is 46.8 Å². The van der Waals surface area contributed by atoms with Crippen LogP contribution in [0.1, 0.15) is 52.4 Å². The summed E-state index contributed by atoms with van der Waals surface area (Å²) in [7, 11) is -3.81. The number of aliphatic hydroxyl groups is 1. The van der Waals surface area contributed by atoms with Crippen molar-refractivity contribution >= 4 is 50.7 Å². The number of nitrogens with one attached hydrogen (secondary N) is 4. The summed E-state index contributed by atoms with van der Waals surface area (Å²) in [5.41, 5.74) is 7.09. The van der Waals surface area contributed by atoms with E-state index in [4.69, 9.17) is 23.7 Å². The molecule has 4 amide bonds. The summed E-state index contributed by atoms with van der Waals surface area (Å²) >= 11 is 0. The van der Waals surface area contributed by atoms with Crippen LogP contribution in [-0.4, -0.2) is 144 Å². The summed E-state index contributed by atoms with van der Waals surface area (Å²) in [5.74, 6) is -1.39. The van der Waals surface area contributed by atoms with Crippen LogP contribution in [0.15, 0.2) is 89.8 Å². The van der Waals surface area contributed by atoms with Gasteiger partial charge in [-0.1, -0.05) is 42.0 Å². The Morgan fingerprint density at radius 2 is 1.48 bits per heavy atom. The maximum Gasteiger partial charge on any atom is 0.255 e. The van der Waals surface area contributed by atoms with E-state index in [-0.39, 0.29) is 60.8 Å². The van der Waals surface area contributed by atoms with Crippen molar-refractivity contribution in [1.29, 1.82) is 0 Å². The van der Waals surface area contributed by atoms with Gasteiger partial charge in [-0.15, -0.1) is 0 Å². The third-order valence-corrected chi connectivity index (χ3v) is 14.7. The van der Waals surface area contributed by atoms with Crippen molar-refractivity contribution in [2.24, 2.45) is 5.92 Å². The Morgan fingerprint density at radius 1 is 0.797 bits per heavy atom. The smallest absolute Gasteiger partial charge is 0.255 e. The quantitative estimate of drug-likeness (QED) is 0.0493. The van der Waals surface area contributed by atoms with Gasteiger partial charge in [0.1, 0.15) is 12.6 Å². The van der Waals surface area contributed by atoms with E-state index in [9.17, 15) is 32.7 Å². The minimum atomic E-state index is -3.81. The lowest BCUT2D eigenvalue weighted by atomic mass is 9.82. The second-order valence-electron chi connectivity index (χ2n) is 17.4. The van der Waals surface area contributed by atoms with Gasteiger partial charge >= 0.3 is 0 Å². The highest BCUT2D eigenvalue weighted by molar-refractivity contribution is 7.89. The molecule has 8 rings (SSSR count). The number of sulfonamides is 1. The molecule has 4 atom stereocenters. The minimum absolute atomic E-state index is 0.111. The van der Waals surface area contributed by atoms with E-state index < -0.39 is 28.0 Å². The number of fused-ring (bicyclic) bond motifs is 4. The predicted octanol–water partition coefficient (Wildman–Crippen LogP) is 4.09. The number of rotatable bonds is 24. The molecule has 4 heterocycles. The highest BCUT2D eigenvalue weighted by Crippen LogP contribution is 2.49. The first-order valence-electron chi connectivity index (χ1n) is 23.4. The fraction of sp³-hybridized carbons (Fsp3) is 0.440. The number of benzene rings is 4. The van der Waals surface area contributed by atoms with E-state index in [0.717, 1.165) is 39.2 Å². The zero-order valence-corrected chi connectivity index (χ0v) is 39.5. The molecule has 4 aliphatic heterocycles. The SMILES string of the molecule is Cc1ccc(S(=O)(=O)N2CC[C@@H]3[C@H](CO)Nc4ccc(-c5cccc(NC(=O)COCCOCCOCCOCCOCCNc6cccc7c6CN(C6CCC(=O)NC6=O)C7=O)c5)cc4[C@@H]32)cc1. The Hall–Kier alpha value is -5.77. The Kier molecular flexibility index (Phi) is 16.7. The molecule has 19 heteroatoms. The molecule has 0 bridgehead atoms. The molecule has 2 fully saturated rings. The second kappa shape index (κ2) is 23.2. The molecule has 4 aromatic carbocycles. The van der Waals surface area contributed by atoms with E-state index in [1.807, 2.05) is 49.4 Å². The number of aliphatic hydroxyl groups excluding tert-OH is 1. The van der Waals surface area contributed by atoms with Gasteiger partial charge in [0, 0.05) is 60.2 Å². The van der Waals surface area contributed by atoms with Crippen LogP contribution in [-0.2, 0) is 54.6 Å². The van der Waals surface area contributed by atoms with Crippen molar-refractivity contribution in [3.63, 3.8) is 0 Å². The number of carbonyl (C=O) groups excluding carboxylic acids is 4. The molecule has 4 aliphatic rings. The van der Waals surface area contributed by atoms with Crippen LogP contribution in [0.25, 0.3) is 11.1 Å². The highest BCUT2D eigenvalue weighted by Gasteiger charge is 2.48. The van der Waals surface area contributed by atoms with Crippen LogP contribution in [0, 0.1) is 12.8 Å². The van der Waals surface area contributed by atoms with Crippen molar-refractivity contribution in [2.45, 2.75) is 55.8 Å². The molecule has 18 nitrogen and oxygen atoms in total. The molecule has 4 aromatic rings. The molecule has 1 unspecified atom stereocenters. The number of hydrogen-bond donors (Lipinski definition) is 5. The van der Waals surface area contributed by atoms with Crippen LogP contribution >= 0.6 is 0 Å². The standard InChI is InChI=1S/C50H60N6O12S/c1-33-8-11-37(12-9-33)69(62,63)56-18-16-39-44(31-57)53-43-13-10-35(29-40(43)48(39)56)34-4-2-5-36(28-34)52-47(59)32-68-27-26-67-25-24-66-23-22-65-21-20-64-19-17-51-42-7-3-6-38-41(42)30-55(50(38)61)45-14-15-46(58)54-49(45)60/h2-13,28-29,39,44-45,48,51,53,57H,14-27,30-32H2,1H3,(H,52,59)(H,54,58,60)/t39-,44+,45?,48-/m1/s1. The first kappa shape index (κ1) is 49.6. The normalized spacial score (nSPS) is 20.0. The monoisotopic (exact) mass is 968 g/mol. The van der Waals surface area contributed by atoms with Crippen molar-refractivity contribution < 1.29 is 56.4 Å². The van der Waals surface area contributed by atoms with Gasteiger partial charge in [-0.05, 0) is 85.0 Å². The lowest BCUT2D eigenvalue weighted by molar-refractivity contribution is -0.137. The third kappa shape index (κ3) is 12.0. The molecule has 0 radical (unpaired) electrons. The van der Waals surface area contributed by atoms with Gasteiger partial charge < -0.3 is 49.6 Å². The Labute approximate surface area is 402 Å². The number of hydrogen-bond acceptors (Lipinski definition) is 14. The van der Waals surface area contributed by atoms with Gasteiger partial charge in [-0.2, -0.15) is 4.31 Å². The minimum Gasteiger partial charge on any atom is -0.394 e. The Bertz CT molecular complexity index is 2580. The van der Waals surface area contributed by atoms with Crippen LogP contribution in [0.4, 0.5) is 17.1 Å². The summed E-state index contributed by atoms with van der Waals surface area (Å²) in [6.07, 6.45) is 1.14. The topological polar surface area (TPSA) is 223 Å². The van der Waals surface area contributed by atoms with Crippen molar-refractivity contribution in [3.05, 3.63) is 107 Å². The van der Waals surface area contributed by atoms with E-state index in [0.29, 0.717) is 96.6 Å². The van der Waals surface area contributed by atoms with Gasteiger partial charge in [-0.25, -0.2) is 8.42 Å². The largest absolute Gasteiger partial charge is 0.394 e. The van der Waals surface area contributed by atoms with Crippen LogP contribution in [0.3, 0.4) is 0 Å². The third-order valence-electron chi connectivity index (χ3n) is 12.8. The number of carbonyl (C=O) groups is 4. The van der Waals surface area contributed by atoms with Crippen LogP contribution in [0.5, 0.6) is 0 Å². The predicted molar refractivity (Wildman–Crippen MR) is 256 cm³/mol. The fourth-order valence-electron chi connectivity index (χ4n) is 9.34. The summed E-state index contributed by atoms with van der Waals surface area (Å²) < 4.78 is 57.5. The maximum absolute atomic E-state index is 14.0. The van der Waals surface area contributed by atoms with Crippen molar-refractivity contribution in [3.8, 4) is 11.1 Å². The molecule has 2 saturated heterocycles. The zero-order valence-electron chi connectivity index (χ0n) is 38.7. The first-order chi connectivity index (χ1) is 33.5. The number of piperidine rings is 1. The average Bonchev–Trinajstić information content (AvgIpc) is 3.95. The number of nitrogens with zero attached hydrogens (tertiary/aromatic N) is 2. The first-order valence-corrected chi connectivity index (χ1v) is 24.8. The molecule has 368 valence electrons. The molecule has 0 spiro atoms. The average molecular weight is 969 g/mol. The van der Waals surface area contributed by atoms with Crippen molar-refractivity contribution in [2.75, 3.05) is 102 Å². The summed E-state index contributed by atoms with van der Waals surface area (Å²) in [6, 6.07) is 24.3. The van der Waals surface area contributed by atoms with Crippen molar-refractivity contribution in [1.82, 2.24) is 14.5 Å². The Balaban J connectivity index is 0.672. The molecular weight excluding hydrogens is 909 g/mol. The molecular formula is C50H60N6O12S.